The van der Waals surface area contributed by atoms with Gasteiger partial charge in [0.2, 0.25) is 0 Å². The highest BCUT2D eigenvalue weighted by Crippen LogP contribution is 2.48. The molecule has 1 aliphatic carbocycles. The fraction of sp³-hybridized carbons (Fsp3) is 1.00. The van der Waals surface area contributed by atoms with E-state index in [1.54, 1.807) is 0 Å². The lowest BCUT2D eigenvalue weighted by Crippen LogP contribution is -2.75. The van der Waals surface area contributed by atoms with E-state index in [4.69, 9.17) is 0 Å². The van der Waals surface area contributed by atoms with Gasteiger partial charge in [0.05, 0.1) is 5.66 Å². The van der Waals surface area contributed by atoms with Gasteiger partial charge >= 0.3 is 0 Å². The Morgan fingerprint density at radius 3 is 1.80 bits per heavy atom. The summed E-state index contributed by atoms with van der Waals surface area (Å²) in [5.41, 5.74) is 0.547. The quantitative estimate of drug-likeness (QED) is 0.597. The highest BCUT2D eigenvalue weighted by atomic mass is 15.5. The first-order valence-electron chi connectivity index (χ1n) is 6.87. The van der Waals surface area contributed by atoms with Crippen LogP contribution >= 0.6 is 0 Å². The molecule has 0 radical (unpaired) electrons. The second-order valence-electron chi connectivity index (χ2n) is 6.32. The van der Waals surface area contributed by atoms with E-state index >= 15 is 0 Å². The van der Waals surface area contributed by atoms with Gasteiger partial charge in [0.15, 0.2) is 0 Å². The van der Waals surface area contributed by atoms with Crippen molar-refractivity contribution in [1.82, 2.24) is 9.80 Å². The fourth-order valence-electron chi connectivity index (χ4n) is 4.91. The van der Waals surface area contributed by atoms with Gasteiger partial charge in [0.25, 0.3) is 0 Å². The maximum Gasteiger partial charge on any atom is 0.0738 e. The lowest BCUT2D eigenvalue weighted by atomic mass is 9.73. The molecule has 2 nitrogen and oxygen atoms in total. The van der Waals surface area contributed by atoms with E-state index in [2.05, 4.69) is 9.80 Å². The molecule has 0 atom stereocenters. The van der Waals surface area contributed by atoms with Crippen molar-refractivity contribution < 1.29 is 0 Å². The summed E-state index contributed by atoms with van der Waals surface area (Å²) in [5, 5.41) is 0. The van der Waals surface area contributed by atoms with Crippen LogP contribution in [0.2, 0.25) is 0 Å². The Balaban J connectivity index is 1.69. The summed E-state index contributed by atoms with van der Waals surface area (Å²) < 4.78 is 0. The Labute approximate surface area is 92.6 Å². The number of rotatable bonds is 0. The van der Waals surface area contributed by atoms with E-state index in [0.29, 0.717) is 5.66 Å². The molecule has 4 bridgehead atoms. The molecule has 4 saturated heterocycles. The van der Waals surface area contributed by atoms with Crippen LogP contribution in [0.15, 0.2) is 0 Å². The first kappa shape index (κ1) is 9.00. The van der Waals surface area contributed by atoms with Crippen LogP contribution in [-0.2, 0) is 0 Å². The predicted molar refractivity (Wildman–Crippen MR) is 60.6 cm³/mol. The van der Waals surface area contributed by atoms with E-state index in [1.165, 1.54) is 64.7 Å². The first-order chi connectivity index (χ1) is 7.37. The van der Waals surface area contributed by atoms with Gasteiger partial charge in [-0.15, -0.1) is 0 Å². The van der Waals surface area contributed by atoms with E-state index < -0.39 is 0 Å². The predicted octanol–water partition coefficient (Wildman–Crippen LogP) is 1.91. The van der Waals surface area contributed by atoms with Crippen molar-refractivity contribution in [2.45, 2.75) is 44.2 Å². The summed E-state index contributed by atoms with van der Waals surface area (Å²) in [7, 11) is 0. The summed E-state index contributed by atoms with van der Waals surface area (Å²) >= 11 is 0. The van der Waals surface area contributed by atoms with Crippen LogP contribution in [0, 0.1) is 11.8 Å². The van der Waals surface area contributed by atoms with Crippen molar-refractivity contribution >= 4 is 0 Å². The fourth-order valence-corrected chi connectivity index (χ4v) is 4.91. The summed E-state index contributed by atoms with van der Waals surface area (Å²) in [5.74, 6) is 2.04. The molecule has 5 fully saturated rings. The van der Waals surface area contributed by atoms with Crippen LogP contribution in [0.3, 0.4) is 0 Å². The third-order valence-electron chi connectivity index (χ3n) is 5.41. The topological polar surface area (TPSA) is 6.48 Å². The van der Waals surface area contributed by atoms with Gasteiger partial charge in [-0.3, -0.25) is 9.80 Å². The molecule has 5 aliphatic rings. The molecule has 4 aliphatic heterocycles. The molecule has 0 unspecified atom stereocenters. The summed E-state index contributed by atoms with van der Waals surface area (Å²) in [6.45, 7) is 5.69. The van der Waals surface area contributed by atoms with E-state index in [1.807, 2.05) is 0 Å². The summed E-state index contributed by atoms with van der Waals surface area (Å²) in [6.07, 6.45) is 8.89. The third kappa shape index (κ3) is 1.13. The third-order valence-corrected chi connectivity index (χ3v) is 5.41. The highest BCUT2D eigenvalue weighted by molar-refractivity contribution is 5.06. The van der Waals surface area contributed by atoms with Gasteiger partial charge in [0, 0.05) is 26.2 Å². The number of hydrogen-bond donors (Lipinski definition) is 0. The van der Waals surface area contributed by atoms with Crippen LogP contribution in [0.4, 0.5) is 0 Å². The standard InChI is InChI=1S/C13H22N2/c1-2-4-13(5-3-1)14-7-11-6-12(9-14)10-15(13)8-11/h11-12H,1-10H2. The second kappa shape index (κ2) is 2.98. The molecule has 0 aromatic rings. The van der Waals surface area contributed by atoms with Gasteiger partial charge in [-0.25, -0.2) is 0 Å². The van der Waals surface area contributed by atoms with Gasteiger partial charge in [-0.1, -0.05) is 19.3 Å². The van der Waals surface area contributed by atoms with Crippen LogP contribution in [0.1, 0.15) is 38.5 Å². The molecule has 0 amide bonds. The van der Waals surface area contributed by atoms with E-state index in [9.17, 15) is 0 Å². The maximum absolute atomic E-state index is 2.87. The van der Waals surface area contributed by atoms with Gasteiger partial charge in [-0.2, -0.15) is 0 Å². The monoisotopic (exact) mass is 206 g/mol. The number of hydrogen-bond acceptors (Lipinski definition) is 2. The largest absolute Gasteiger partial charge is 0.285 e. The zero-order valence-electron chi connectivity index (χ0n) is 9.62. The van der Waals surface area contributed by atoms with Crippen molar-refractivity contribution in [3.8, 4) is 0 Å². The highest BCUT2D eigenvalue weighted by Gasteiger charge is 2.54. The molecule has 1 saturated carbocycles. The van der Waals surface area contributed by atoms with Gasteiger partial charge in [0.1, 0.15) is 0 Å². The maximum atomic E-state index is 2.87. The molecule has 0 aromatic heterocycles. The zero-order valence-corrected chi connectivity index (χ0v) is 9.62. The smallest absolute Gasteiger partial charge is 0.0738 e. The normalized spacial score (nSPS) is 51.2. The SMILES string of the molecule is C1CCC2(CC1)N1CC3CC(C1)CN2C3. The van der Waals surface area contributed by atoms with Crippen molar-refractivity contribution in [2.75, 3.05) is 26.2 Å². The van der Waals surface area contributed by atoms with Crippen molar-refractivity contribution in [3.63, 3.8) is 0 Å². The Morgan fingerprint density at radius 1 is 0.733 bits per heavy atom. The van der Waals surface area contributed by atoms with Crippen molar-refractivity contribution in [1.29, 1.82) is 0 Å². The number of piperidine rings is 2. The summed E-state index contributed by atoms with van der Waals surface area (Å²) in [4.78, 5) is 5.75. The minimum Gasteiger partial charge on any atom is -0.285 e. The van der Waals surface area contributed by atoms with E-state index in [-0.39, 0.29) is 0 Å². The second-order valence-corrected chi connectivity index (χ2v) is 6.32. The van der Waals surface area contributed by atoms with Crippen LogP contribution in [0.5, 0.6) is 0 Å². The number of nitrogens with zero attached hydrogens (tertiary/aromatic N) is 2. The van der Waals surface area contributed by atoms with Crippen LogP contribution in [-0.4, -0.2) is 41.6 Å². The molecule has 1 spiro atoms. The summed E-state index contributed by atoms with van der Waals surface area (Å²) in [6, 6.07) is 0. The molecule has 15 heavy (non-hydrogen) atoms. The van der Waals surface area contributed by atoms with Crippen molar-refractivity contribution in [2.24, 2.45) is 11.8 Å². The minimum absolute atomic E-state index is 0.547. The van der Waals surface area contributed by atoms with E-state index in [0.717, 1.165) is 11.8 Å². The Hall–Kier alpha value is -0.0800. The van der Waals surface area contributed by atoms with Gasteiger partial charge in [-0.05, 0) is 31.1 Å². The average Bonchev–Trinajstić information content (AvgIpc) is 2.26. The minimum atomic E-state index is 0.547. The van der Waals surface area contributed by atoms with Crippen LogP contribution < -0.4 is 0 Å². The molecule has 2 heteroatoms. The average molecular weight is 206 g/mol. The molecule has 84 valence electrons. The van der Waals surface area contributed by atoms with Gasteiger partial charge < -0.3 is 0 Å². The lowest BCUT2D eigenvalue weighted by molar-refractivity contribution is -0.201. The molecular formula is C13H22N2. The molecule has 0 aromatic carbocycles. The van der Waals surface area contributed by atoms with Crippen LogP contribution in [0.25, 0.3) is 0 Å². The molecular weight excluding hydrogens is 184 g/mol. The molecule has 0 N–H and O–H groups in total. The zero-order chi connectivity index (χ0) is 9.88. The molecule has 5 rings (SSSR count). The first-order valence-corrected chi connectivity index (χ1v) is 6.87. The van der Waals surface area contributed by atoms with Crippen molar-refractivity contribution in [3.05, 3.63) is 0 Å². The lowest BCUT2D eigenvalue weighted by Gasteiger charge is -2.66. The Morgan fingerprint density at radius 2 is 1.27 bits per heavy atom. The Bertz CT molecular complexity index is 238. The Kier molecular flexibility index (Phi) is 1.79. The molecule has 4 heterocycles.